The first-order valence-electron chi connectivity index (χ1n) is 7.12. The molecule has 0 spiro atoms. The van der Waals surface area contributed by atoms with Crippen molar-refractivity contribution in [2.24, 2.45) is 0 Å². The Morgan fingerprint density at radius 1 is 1.14 bits per heavy atom. The predicted octanol–water partition coefficient (Wildman–Crippen LogP) is 3.76. The average molecular weight is 300 g/mol. The first-order valence-corrected chi connectivity index (χ1v) is 7.12. The number of carbonyl (C=O) groups is 1. The van der Waals surface area contributed by atoms with Crippen molar-refractivity contribution in [1.29, 1.82) is 0 Å². The lowest BCUT2D eigenvalue weighted by Gasteiger charge is -2.23. The smallest absolute Gasteiger partial charge is 0.387 e. The van der Waals surface area contributed by atoms with Gasteiger partial charge in [-0.15, -0.1) is 0 Å². The fraction of sp³-hybridized carbons (Fsp3) is 0.533. The van der Waals surface area contributed by atoms with Crippen molar-refractivity contribution in [3.63, 3.8) is 0 Å². The van der Waals surface area contributed by atoms with Gasteiger partial charge < -0.3 is 10.2 Å². The lowest BCUT2D eigenvalue weighted by atomic mass is 10.0. The van der Waals surface area contributed by atoms with Crippen LogP contribution in [-0.2, 0) is 6.18 Å². The van der Waals surface area contributed by atoms with E-state index >= 15 is 0 Å². The second-order valence-electron chi connectivity index (χ2n) is 5.18. The van der Waals surface area contributed by atoms with Gasteiger partial charge in [-0.1, -0.05) is 18.9 Å². The predicted molar refractivity (Wildman–Crippen MR) is 75.4 cm³/mol. The molecule has 1 saturated heterocycles. The summed E-state index contributed by atoms with van der Waals surface area (Å²) in [4.78, 5) is 14.2. The molecular weight excluding hydrogens is 281 g/mol. The number of nitrogens with zero attached hydrogens (tertiary/aromatic N) is 1. The first kappa shape index (κ1) is 15.7. The van der Waals surface area contributed by atoms with Crippen LogP contribution in [0.4, 0.5) is 18.9 Å². The van der Waals surface area contributed by atoms with E-state index in [9.17, 15) is 18.0 Å². The number of carbonyl (C=O) groups excluding carboxylic acids is 1. The van der Waals surface area contributed by atoms with Crippen molar-refractivity contribution < 1.29 is 18.0 Å². The molecule has 0 saturated carbocycles. The Hall–Kier alpha value is -1.72. The summed E-state index contributed by atoms with van der Waals surface area (Å²) >= 11 is 0. The number of nitrogens with one attached hydrogen (secondary N) is 1. The topological polar surface area (TPSA) is 32.3 Å². The third kappa shape index (κ3) is 3.49. The minimum atomic E-state index is -4.48. The Morgan fingerprint density at radius 3 is 2.29 bits per heavy atom. The summed E-state index contributed by atoms with van der Waals surface area (Å²) in [7, 11) is 1.41. The molecule has 1 aliphatic heterocycles. The largest absolute Gasteiger partial charge is 0.418 e. The van der Waals surface area contributed by atoms with Crippen LogP contribution in [0.2, 0.25) is 0 Å². The molecule has 116 valence electrons. The minimum absolute atomic E-state index is 0.0919. The number of amides is 1. The molecule has 21 heavy (non-hydrogen) atoms. The number of hydrogen-bond donors (Lipinski definition) is 1. The van der Waals surface area contributed by atoms with Gasteiger partial charge in [0.1, 0.15) is 0 Å². The molecule has 1 aliphatic rings. The van der Waals surface area contributed by atoms with Crippen molar-refractivity contribution >= 4 is 11.6 Å². The van der Waals surface area contributed by atoms with E-state index in [1.165, 1.54) is 19.2 Å². The molecule has 1 aromatic rings. The molecule has 6 heteroatoms. The first-order chi connectivity index (χ1) is 9.95. The Balaban J connectivity index is 2.36. The maximum atomic E-state index is 13.0. The van der Waals surface area contributed by atoms with Gasteiger partial charge in [0.15, 0.2) is 0 Å². The van der Waals surface area contributed by atoms with Crippen LogP contribution in [0.15, 0.2) is 18.2 Å². The summed E-state index contributed by atoms with van der Waals surface area (Å²) in [5, 5.41) is 2.54. The Morgan fingerprint density at radius 2 is 1.76 bits per heavy atom. The molecule has 1 amide bonds. The maximum absolute atomic E-state index is 13.0. The van der Waals surface area contributed by atoms with Crippen molar-refractivity contribution in [1.82, 2.24) is 4.90 Å². The highest BCUT2D eigenvalue weighted by Gasteiger charge is 2.35. The van der Waals surface area contributed by atoms with Gasteiger partial charge >= 0.3 is 6.18 Å². The van der Waals surface area contributed by atoms with Crippen LogP contribution in [0.1, 0.15) is 41.6 Å². The molecule has 1 heterocycles. The zero-order valence-electron chi connectivity index (χ0n) is 12.0. The van der Waals surface area contributed by atoms with Crippen LogP contribution in [0, 0.1) is 0 Å². The molecule has 0 aliphatic carbocycles. The second kappa shape index (κ2) is 6.37. The van der Waals surface area contributed by atoms with Crippen LogP contribution in [0.5, 0.6) is 0 Å². The van der Waals surface area contributed by atoms with E-state index in [2.05, 4.69) is 5.32 Å². The molecule has 0 radical (unpaired) electrons. The number of hydrogen-bond acceptors (Lipinski definition) is 2. The van der Waals surface area contributed by atoms with E-state index < -0.39 is 11.7 Å². The number of para-hydroxylation sites is 1. The van der Waals surface area contributed by atoms with Gasteiger partial charge in [-0.3, -0.25) is 4.79 Å². The van der Waals surface area contributed by atoms with E-state index in [-0.39, 0.29) is 17.2 Å². The molecule has 0 bridgehead atoms. The van der Waals surface area contributed by atoms with E-state index in [1.54, 1.807) is 4.90 Å². The fourth-order valence-electron chi connectivity index (χ4n) is 2.68. The van der Waals surface area contributed by atoms with Crippen molar-refractivity contribution in [3.05, 3.63) is 29.3 Å². The molecule has 1 fully saturated rings. The number of benzene rings is 1. The van der Waals surface area contributed by atoms with Crippen LogP contribution < -0.4 is 5.32 Å². The van der Waals surface area contributed by atoms with Gasteiger partial charge in [-0.25, -0.2) is 0 Å². The van der Waals surface area contributed by atoms with E-state index in [0.29, 0.717) is 13.1 Å². The average Bonchev–Trinajstić information content (AvgIpc) is 2.73. The number of halogens is 3. The Labute approximate surface area is 122 Å². The van der Waals surface area contributed by atoms with Gasteiger partial charge in [0.2, 0.25) is 0 Å². The summed E-state index contributed by atoms with van der Waals surface area (Å²) in [6.45, 7) is 1.22. The molecule has 0 unspecified atom stereocenters. The van der Waals surface area contributed by atoms with Crippen molar-refractivity contribution in [2.75, 3.05) is 25.5 Å². The van der Waals surface area contributed by atoms with Crippen molar-refractivity contribution in [2.45, 2.75) is 31.9 Å². The van der Waals surface area contributed by atoms with Crippen LogP contribution in [0.25, 0.3) is 0 Å². The number of anilines is 1. The van der Waals surface area contributed by atoms with Crippen LogP contribution in [-0.4, -0.2) is 30.9 Å². The quantitative estimate of drug-likeness (QED) is 0.902. The highest BCUT2D eigenvalue weighted by Crippen LogP contribution is 2.36. The molecule has 1 aromatic carbocycles. The Kier molecular flexibility index (Phi) is 4.75. The third-order valence-corrected chi connectivity index (χ3v) is 3.74. The van der Waals surface area contributed by atoms with E-state index in [1.807, 2.05) is 0 Å². The Bertz CT molecular complexity index is 506. The summed E-state index contributed by atoms with van der Waals surface area (Å²) in [5.74, 6) is -0.327. The SMILES string of the molecule is CNc1c(C(=O)N2CCCCCC2)cccc1C(F)(F)F. The molecule has 2 rings (SSSR count). The van der Waals surface area contributed by atoms with Gasteiger partial charge in [0.25, 0.3) is 5.91 Å². The zero-order chi connectivity index (χ0) is 15.5. The summed E-state index contributed by atoms with van der Waals surface area (Å²) in [5.41, 5.74) is -0.848. The standard InChI is InChI=1S/C15H19F3N2O/c1-19-13-11(7-6-8-12(13)15(16,17)18)14(21)20-9-4-2-3-5-10-20/h6-8,19H,2-5,9-10H2,1H3. The normalized spacial score (nSPS) is 16.5. The minimum Gasteiger partial charge on any atom is -0.387 e. The van der Waals surface area contributed by atoms with Gasteiger partial charge in [-0.2, -0.15) is 13.2 Å². The lowest BCUT2D eigenvalue weighted by molar-refractivity contribution is -0.136. The molecule has 1 N–H and O–H groups in total. The monoisotopic (exact) mass is 300 g/mol. The highest BCUT2D eigenvalue weighted by molar-refractivity contribution is 6.00. The summed E-state index contributed by atoms with van der Waals surface area (Å²) in [6, 6.07) is 3.73. The van der Waals surface area contributed by atoms with Crippen LogP contribution in [0.3, 0.4) is 0 Å². The molecular formula is C15H19F3N2O. The third-order valence-electron chi connectivity index (χ3n) is 3.74. The fourth-order valence-corrected chi connectivity index (χ4v) is 2.68. The van der Waals surface area contributed by atoms with Crippen LogP contribution >= 0.6 is 0 Å². The summed E-state index contributed by atoms with van der Waals surface area (Å²) < 4.78 is 39.1. The molecule has 3 nitrogen and oxygen atoms in total. The van der Waals surface area contributed by atoms with E-state index in [0.717, 1.165) is 31.7 Å². The maximum Gasteiger partial charge on any atom is 0.418 e. The second-order valence-corrected chi connectivity index (χ2v) is 5.18. The number of alkyl halides is 3. The zero-order valence-corrected chi connectivity index (χ0v) is 12.0. The lowest BCUT2D eigenvalue weighted by Crippen LogP contribution is -2.32. The molecule has 0 aromatic heterocycles. The van der Waals surface area contributed by atoms with Crippen molar-refractivity contribution in [3.8, 4) is 0 Å². The van der Waals surface area contributed by atoms with Gasteiger partial charge in [0.05, 0.1) is 16.8 Å². The van der Waals surface area contributed by atoms with Gasteiger partial charge in [0, 0.05) is 20.1 Å². The molecule has 0 atom stereocenters. The summed E-state index contributed by atoms with van der Waals surface area (Å²) in [6.07, 6.45) is -0.552. The van der Waals surface area contributed by atoms with E-state index in [4.69, 9.17) is 0 Å². The highest BCUT2D eigenvalue weighted by atomic mass is 19.4. The number of likely N-dealkylation sites (tertiary alicyclic amines) is 1. The van der Waals surface area contributed by atoms with Gasteiger partial charge in [-0.05, 0) is 25.0 Å². The number of rotatable bonds is 2.